The number of aromatic nitrogens is 3. The maximum absolute atomic E-state index is 13.3. The zero-order chi connectivity index (χ0) is 23.6. The molecule has 0 atom stereocenters. The van der Waals surface area contributed by atoms with Crippen LogP contribution in [0.1, 0.15) is 32.9 Å². The highest BCUT2D eigenvalue weighted by Crippen LogP contribution is 2.28. The van der Waals surface area contributed by atoms with E-state index in [1.165, 1.54) is 10.9 Å². The van der Waals surface area contributed by atoms with E-state index >= 15 is 0 Å². The summed E-state index contributed by atoms with van der Waals surface area (Å²) < 4.78 is 1.95. The van der Waals surface area contributed by atoms with Gasteiger partial charge in [0.2, 0.25) is 0 Å². The first-order valence-electron chi connectivity index (χ1n) is 12.0. The minimum absolute atomic E-state index is 0.131. The number of carbonyl (C=O) groups excluding carboxylic acids is 1. The second kappa shape index (κ2) is 9.24. The van der Waals surface area contributed by atoms with Gasteiger partial charge in [-0.25, -0.2) is 4.68 Å². The van der Waals surface area contributed by atoms with Crippen molar-refractivity contribution in [2.75, 3.05) is 6.54 Å². The molecule has 1 aliphatic rings. The minimum Gasteiger partial charge on any atom is -0.361 e. The van der Waals surface area contributed by atoms with Gasteiger partial charge in [-0.05, 0) is 29.3 Å². The van der Waals surface area contributed by atoms with E-state index in [0.29, 0.717) is 18.8 Å². The standard InChI is InChI=1S/C29H27N5O/c35-29(31-17-21-9-3-1-4-10-21)28-25-20-33(19-22-18-30-26-14-8-7-13-24(22)26)16-15-27(25)34(32-28)23-11-5-2-6-12-23/h1-14,18,30H,15-17,19-20H2,(H,31,35). The monoisotopic (exact) mass is 461 g/mol. The first-order valence-corrected chi connectivity index (χ1v) is 12.0. The molecule has 6 rings (SSSR count). The maximum atomic E-state index is 13.3. The van der Waals surface area contributed by atoms with Crippen molar-refractivity contribution < 1.29 is 4.79 Å². The van der Waals surface area contributed by atoms with Gasteiger partial charge in [-0.15, -0.1) is 0 Å². The quantitative estimate of drug-likeness (QED) is 0.380. The Hall–Kier alpha value is -4.16. The Morgan fingerprint density at radius 1 is 0.943 bits per heavy atom. The molecule has 0 saturated carbocycles. The van der Waals surface area contributed by atoms with Crippen molar-refractivity contribution in [3.8, 4) is 5.69 Å². The molecule has 1 amide bonds. The van der Waals surface area contributed by atoms with Gasteiger partial charge in [0.1, 0.15) is 0 Å². The third-order valence-electron chi connectivity index (χ3n) is 6.72. The maximum Gasteiger partial charge on any atom is 0.272 e. The van der Waals surface area contributed by atoms with Gasteiger partial charge in [0, 0.05) is 55.3 Å². The van der Waals surface area contributed by atoms with E-state index in [-0.39, 0.29) is 5.91 Å². The summed E-state index contributed by atoms with van der Waals surface area (Å²) in [6.45, 7) is 2.91. The average Bonchev–Trinajstić information content (AvgIpc) is 3.50. The molecule has 0 unspecified atom stereocenters. The van der Waals surface area contributed by atoms with Gasteiger partial charge in [0.05, 0.1) is 11.4 Å². The van der Waals surface area contributed by atoms with Crippen molar-refractivity contribution in [2.24, 2.45) is 0 Å². The van der Waals surface area contributed by atoms with Crippen LogP contribution in [0.3, 0.4) is 0 Å². The number of benzene rings is 3. The van der Waals surface area contributed by atoms with E-state index in [2.05, 4.69) is 39.6 Å². The second-order valence-corrected chi connectivity index (χ2v) is 9.01. The topological polar surface area (TPSA) is 66.0 Å². The number of amides is 1. The molecule has 2 N–H and O–H groups in total. The number of nitrogens with one attached hydrogen (secondary N) is 2. The second-order valence-electron chi connectivity index (χ2n) is 9.01. The van der Waals surface area contributed by atoms with Crippen molar-refractivity contribution in [1.29, 1.82) is 0 Å². The third-order valence-corrected chi connectivity index (χ3v) is 6.72. The van der Waals surface area contributed by atoms with Crippen LogP contribution in [-0.4, -0.2) is 32.1 Å². The molecule has 0 aliphatic carbocycles. The summed E-state index contributed by atoms with van der Waals surface area (Å²) in [5.74, 6) is -0.131. The van der Waals surface area contributed by atoms with Crippen LogP contribution >= 0.6 is 0 Å². The van der Waals surface area contributed by atoms with Crippen molar-refractivity contribution in [2.45, 2.75) is 26.1 Å². The lowest BCUT2D eigenvalue weighted by Gasteiger charge is -2.27. The molecule has 35 heavy (non-hydrogen) atoms. The Morgan fingerprint density at radius 3 is 2.51 bits per heavy atom. The molecular weight excluding hydrogens is 434 g/mol. The van der Waals surface area contributed by atoms with Crippen molar-refractivity contribution in [3.05, 3.63) is 119 Å². The molecule has 0 radical (unpaired) electrons. The number of fused-ring (bicyclic) bond motifs is 2. The van der Waals surface area contributed by atoms with Gasteiger partial charge >= 0.3 is 0 Å². The number of aromatic amines is 1. The first kappa shape index (κ1) is 21.4. The van der Waals surface area contributed by atoms with E-state index < -0.39 is 0 Å². The number of hydrogen-bond acceptors (Lipinski definition) is 3. The van der Waals surface area contributed by atoms with Crippen LogP contribution in [0.15, 0.2) is 91.1 Å². The SMILES string of the molecule is O=C(NCc1ccccc1)c1nn(-c2ccccc2)c2c1CN(Cc1c[nH]c3ccccc13)CC2. The summed E-state index contributed by atoms with van der Waals surface area (Å²) >= 11 is 0. The summed E-state index contributed by atoms with van der Waals surface area (Å²) in [6, 6.07) is 28.4. The number of rotatable bonds is 6. The molecule has 5 aromatic rings. The summed E-state index contributed by atoms with van der Waals surface area (Å²) in [4.78, 5) is 19.1. The smallest absolute Gasteiger partial charge is 0.272 e. The zero-order valence-electron chi connectivity index (χ0n) is 19.4. The molecule has 0 fully saturated rings. The molecule has 1 aliphatic heterocycles. The fraction of sp³-hybridized carbons (Fsp3) is 0.172. The highest BCUT2D eigenvalue weighted by molar-refractivity contribution is 5.94. The lowest BCUT2D eigenvalue weighted by Crippen LogP contribution is -2.32. The molecule has 0 bridgehead atoms. The molecule has 6 heteroatoms. The van der Waals surface area contributed by atoms with Gasteiger partial charge in [-0.2, -0.15) is 5.10 Å². The molecule has 174 valence electrons. The van der Waals surface area contributed by atoms with Crippen molar-refractivity contribution in [3.63, 3.8) is 0 Å². The lowest BCUT2D eigenvalue weighted by molar-refractivity contribution is 0.0943. The Balaban J connectivity index is 1.30. The van der Waals surface area contributed by atoms with Crippen LogP contribution in [0.4, 0.5) is 0 Å². The zero-order valence-corrected chi connectivity index (χ0v) is 19.4. The molecule has 0 spiro atoms. The van der Waals surface area contributed by atoms with Crippen LogP contribution in [0.5, 0.6) is 0 Å². The highest BCUT2D eigenvalue weighted by Gasteiger charge is 2.29. The van der Waals surface area contributed by atoms with E-state index in [4.69, 9.17) is 5.10 Å². The molecule has 3 aromatic carbocycles. The summed E-state index contributed by atoms with van der Waals surface area (Å²) in [6.07, 6.45) is 2.94. The fourth-order valence-corrected chi connectivity index (χ4v) is 4.94. The predicted octanol–water partition coefficient (Wildman–Crippen LogP) is 4.84. The largest absolute Gasteiger partial charge is 0.361 e. The molecule has 6 nitrogen and oxygen atoms in total. The Bertz CT molecular complexity index is 1470. The Kier molecular flexibility index (Phi) is 5.64. The fourth-order valence-electron chi connectivity index (χ4n) is 4.94. The van der Waals surface area contributed by atoms with E-state index in [1.807, 2.05) is 71.4 Å². The van der Waals surface area contributed by atoms with E-state index in [1.54, 1.807) is 0 Å². The minimum atomic E-state index is -0.131. The van der Waals surface area contributed by atoms with Crippen LogP contribution in [0.25, 0.3) is 16.6 Å². The Labute approximate surface area is 204 Å². The van der Waals surface area contributed by atoms with Gasteiger partial charge in [0.15, 0.2) is 5.69 Å². The van der Waals surface area contributed by atoms with E-state index in [9.17, 15) is 4.79 Å². The molecule has 2 aromatic heterocycles. The van der Waals surface area contributed by atoms with Crippen molar-refractivity contribution in [1.82, 2.24) is 25.0 Å². The number of carbonyl (C=O) groups is 1. The third kappa shape index (κ3) is 4.24. The summed E-state index contributed by atoms with van der Waals surface area (Å²) in [5, 5.41) is 9.15. The number of nitrogens with zero attached hydrogens (tertiary/aromatic N) is 3. The lowest BCUT2D eigenvalue weighted by atomic mass is 10.0. The van der Waals surface area contributed by atoms with Gasteiger partial charge in [0.25, 0.3) is 5.91 Å². The number of H-pyrrole nitrogens is 1. The van der Waals surface area contributed by atoms with Crippen molar-refractivity contribution >= 4 is 16.8 Å². The number of para-hydroxylation sites is 2. The number of hydrogen-bond donors (Lipinski definition) is 2. The molecule has 3 heterocycles. The van der Waals surface area contributed by atoms with Crippen LogP contribution in [-0.2, 0) is 26.1 Å². The van der Waals surface area contributed by atoms with Gasteiger partial charge in [-0.3, -0.25) is 9.69 Å². The van der Waals surface area contributed by atoms with Gasteiger partial charge < -0.3 is 10.3 Å². The normalized spacial score (nSPS) is 13.6. The predicted molar refractivity (Wildman–Crippen MR) is 137 cm³/mol. The summed E-state index contributed by atoms with van der Waals surface area (Å²) in [7, 11) is 0. The van der Waals surface area contributed by atoms with Crippen LogP contribution in [0.2, 0.25) is 0 Å². The van der Waals surface area contributed by atoms with Gasteiger partial charge in [-0.1, -0.05) is 66.7 Å². The average molecular weight is 462 g/mol. The van der Waals surface area contributed by atoms with Crippen LogP contribution < -0.4 is 5.32 Å². The van der Waals surface area contributed by atoms with Crippen LogP contribution in [0, 0.1) is 0 Å². The molecular formula is C29H27N5O. The van der Waals surface area contributed by atoms with E-state index in [0.717, 1.165) is 47.5 Å². The first-order chi connectivity index (χ1) is 17.3. The summed E-state index contributed by atoms with van der Waals surface area (Å²) in [5.41, 5.74) is 7.13. The highest BCUT2D eigenvalue weighted by atomic mass is 16.2. The molecule has 0 saturated heterocycles. The Morgan fingerprint density at radius 2 is 1.69 bits per heavy atom.